The van der Waals surface area contributed by atoms with Gasteiger partial charge in [0.25, 0.3) is 0 Å². The monoisotopic (exact) mass is 287 g/mol. The zero-order valence-corrected chi connectivity index (χ0v) is 13.3. The molecule has 1 aromatic carbocycles. The average Bonchev–Trinajstić information content (AvgIpc) is 2.48. The highest BCUT2D eigenvalue weighted by Crippen LogP contribution is 2.37. The highest BCUT2D eigenvalue weighted by atomic mass is 16.5. The lowest BCUT2D eigenvalue weighted by atomic mass is 9.79. The third kappa shape index (κ3) is 3.87. The number of nitrogens with one attached hydrogen (secondary N) is 1. The molecular formula is C19H29NO. The van der Waals surface area contributed by atoms with Gasteiger partial charge >= 0.3 is 0 Å². The summed E-state index contributed by atoms with van der Waals surface area (Å²) in [6.45, 7) is 0.964. The Bertz CT molecular complexity index is 435. The van der Waals surface area contributed by atoms with E-state index in [9.17, 15) is 0 Å². The fraction of sp³-hybridized carbons (Fsp3) is 0.684. The van der Waals surface area contributed by atoms with Crippen LogP contribution in [0.5, 0.6) is 0 Å². The molecule has 2 atom stereocenters. The molecule has 0 amide bonds. The van der Waals surface area contributed by atoms with Crippen molar-refractivity contribution < 1.29 is 4.74 Å². The summed E-state index contributed by atoms with van der Waals surface area (Å²) in [6, 6.07) is 9.74. The van der Waals surface area contributed by atoms with E-state index in [1.165, 1.54) is 56.9 Å². The minimum Gasteiger partial charge on any atom is -0.378 e. The predicted molar refractivity (Wildman–Crippen MR) is 87.7 cm³/mol. The quantitative estimate of drug-likeness (QED) is 0.828. The number of rotatable bonds is 6. The summed E-state index contributed by atoms with van der Waals surface area (Å²) >= 11 is 0. The molecule has 0 radical (unpaired) electrons. The molecule has 21 heavy (non-hydrogen) atoms. The van der Waals surface area contributed by atoms with E-state index < -0.39 is 0 Å². The Kier molecular flexibility index (Phi) is 5.32. The van der Waals surface area contributed by atoms with Gasteiger partial charge in [0, 0.05) is 12.6 Å². The SMILES string of the molecule is CNC(CCC1CCCCO1)c1cccc(C2CCC2)c1. The average molecular weight is 287 g/mol. The minimum atomic E-state index is 0.468. The first-order chi connectivity index (χ1) is 10.4. The molecule has 2 heteroatoms. The maximum Gasteiger partial charge on any atom is 0.0575 e. The summed E-state index contributed by atoms with van der Waals surface area (Å²) in [4.78, 5) is 0. The number of hydrogen-bond donors (Lipinski definition) is 1. The molecule has 1 heterocycles. The standard InChI is InChI=1S/C19H29NO/c1-20-19(12-11-18-10-2-3-13-21-18)17-9-5-8-16(14-17)15-6-4-7-15/h5,8-9,14-15,18-20H,2-4,6-7,10-13H2,1H3. The molecule has 2 fully saturated rings. The second-order valence-electron chi connectivity index (χ2n) is 6.71. The summed E-state index contributed by atoms with van der Waals surface area (Å²) in [6.07, 6.45) is 10.8. The van der Waals surface area contributed by atoms with Crippen molar-refractivity contribution in [1.82, 2.24) is 5.32 Å². The second kappa shape index (κ2) is 7.42. The van der Waals surface area contributed by atoms with Crippen LogP contribution in [0.3, 0.4) is 0 Å². The van der Waals surface area contributed by atoms with Crippen molar-refractivity contribution in [2.24, 2.45) is 0 Å². The topological polar surface area (TPSA) is 21.3 Å². The van der Waals surface area contributed by atoms with Crippen molar-refractivity contribution >= 4 is 0 Å². The van der Waals surface area contributed by atoms with Crippen LogP contribution < -0.4 is 5.32 Å². The van der Waals surface area contributed by atoms with Gasteiger partial charge in [-0.2, -0.15) is 0 Å². The molecule has 2 unspecified atom stereocenters. The Hall–Kier alpha value is -0.860. The molecule has 2 nitrogen and oxygen atoms in total. The van der Waals surface area contributed by atoms with Gasteiger partial charge in [-0.1, -0.05) is 30.7 Å². The van der Waals surface area contributed by atoms with E-state index in [1.54, 1.807) is 5.56 Å². The molecule has 116 valence electrons. The molecule has 0 aromatic heterocycles. The molecule has 1 saturated heterocycles. The van der Waals surface area contributed by atoms with Gasteiger partial charge in [-0.05, 0) is 69.0 Å². The molecule has 0 spiro atoms. The normalized spacial score (nSPS) is 24.5. The minimum absolute atomic E-state index is 0.468. The van der Waals surface area contributed by atoms with Crippen molar-refractivity contribution in [2.75, 3.05) is 13.7 Å². The largest absolute Gasteiger partial charge is 0.378 e. The lowest BCUT2D eigenvalue weighted by molar-refractivity contribution is 0.00866. The summed E-state index contributed by atoms with van der Waals surface area (Å²) in [7, 11) is 2.09. The molecule has 2 aliphatic rings. The second-order valence-corrected chi connectivity index (χ2v) is 6.71. The van der Waals surface area contributed by atoms with Gasteiger partial charge in [-0.25, -0.2) is 0 Å². The third-order valence-electron chi connectivity index (χ3n) is 5.29. The van der Waals surface area contributed by atoms with Crippen LogP contribution in [0.2, 0.25) is 0 Å². The van der Waals surface area contributed by atoms with Crippen molar-refractivity contribution in [3.05, 3.63) is 35.4 Å². The highest BCUT2D eigenvalue weighted by molar-refractivity contribution is 5.29. The number of ether oxygens (including phenoxy) is 1. The van der Waals surface area contributed by atoms with Crippen LogP contribution in [-0.4, -0.2) is 19.8 Å². The summed E-state index contributed by atoms with van der Waals surface area (Å²) < 4.78 is 5.87. The molecule has 1 saturated carbocycles. The fourth-order valence-electron chi connectivity index (χ4n) is 3.64. The molecule has 1 aliphatic heterocycles. The van der Waals surface area contributed by atoms with Crippen molar-refractivity contribution in [2.45, 2.75) is 69.4 Å². The van der Waals surface area contributed by atoms with Gasteiger partial charge in [0.15, 0.2) is 0 Å². The van der Waals surface area contributed by atoms with Crippen LogP contribution in [0.1, 0.15) is 74.5 Å². The van der Waals surface area contributed by atoms with Crippen molar-refractivity contribution in [1.29, 1.82) is 0 Å². The zero-order valence-electron chi connectivity index (χ0n) is 13.3. The molecular weight excluding hydrogens is 258 g/mol. The van der Waals surface area contributed by atoms with Gasteiger partial charge in [0.1, 0.15) is 0 Å². The lowest BCUT2D eigenvalue weighted by Gasteiger charge is -2.28. The van der Waals surface area contributed by atoms with Crippen LogP contribution in [0, 0.1) is 0 Å². The zero-order chi connectivity index (χ0) is 14.5. The predicted octanol–water partition coefficient (Wildman–Crippen LogP) is 4.56. The summed E-state index contributed by atoms with van der Waals surface area (Å²) in [5.41, 5.74) is 3.01. The van der Waals surface area contributed by atoms with E-state index in [2.05, 4.69) is 36.6 Å². The van der Waals surface area contributed by atoms with Crippen molar-refractivity contribution in [3.63, 3.8) is 0 Å². The van der Waals surface area contributed by atoms with Crippen LogP contribution in [0.4, 0.5) is 0 Å². The lowest BCUT2D eigenvalue weighted by Crippen LogP contribution is -2.23. The van der Waals surface area contributed by atoms with Gasteiger partial charge in [0.05, 0.1) is 6.10 Å². The van der Waals surface area contributed by atoms with Gasteiger partial charge in [-0.3, -0.25) is 0 Å². The van der Waals surface area contributed by atoms with Gasteiger partial charge < -0.3 is 10.1 Å². The van der Waals surface area contributed by atoms with E-state index in [4.69, 9.17) is 4.74 Å². The van der Waals surface area contributed by atoms with Gasteiger partial charge in [0.2, 0.25) is 0 Å². The maximum atomic E-state index is 5.87. The third-order valence-corrected chi connectivity index (χ3v) is 5.29. The number of hydrogen-bond acceptors (Lipinski definition) is 2. The van der Waals surface area contributed by atoms with E-state index >= 15 is 0 Å². The Morgan fingerprint density at radius 1 is 1.19 bits per heavy atom. The molecule has 1 aliphatic carbocycles. The Balaban J connectivity index is 1.59. The van der Waals surface area contributed by atoms with Crippen molar-refractivity contribution in [3.8, 4) is 0 Å². The summed E-state index contributed by atoms with van der Waals surface area (Å²) in [5.74, 6) is 0.823. The Labute approximate surface area is 129 Å². The van der Waals surface area contributed by atoms with Crippen LogP contribution >= 0.6 is 0 Å². The van der Waals surface area contributed by atoms with E-state index in [-0.39, 0.29) is 0 Å². The van der Waals surface area contributed by atoms with Crippen LogP contribution in [0.25, 0.3) is 0 Å². The number of benzene rings is 1. The molecule has 3 rings (SSSR count). The maximum absolute atomic E-state index is 5.87. The molecule has 0 bridgehead atoms. The Morgan fingerprint density at radius 3 is 2.76 bits per heavy atom. The molecule has 1 aromatic rings. The molecule has 1 N–H and O–H groups in total. The summed E-state index contributed by atoms with van der Waals surface area (Å²) in [5, 5.41) is 3.50. The highest BCUT2D eigenvalue weighted by Gasteiger charge is 2.21. The Morgan fingerprint density at radius 2 is 2.10 bits per heavy atom. The van der Waals surface area contributed by atoms with E-state index in [1.807, 2.05) is 0 Å². The smallest absolute Gasteiger partial charge is 0.0575 e. The fourth-order valence-corrected chi connectivity index (χ4v) is 3.64. The first kappa shape index (κ1) is 15.1. The van der Waals surface area contributed by atoms with E-state index in [0.29, 0.717) is 12.1 Å². The van der Waals surface area contributed by atoms with Crippen LogP contribution in [0.15, 0.2) is 24.3 Å². The van der Waals surface area contributed by atoms with Gasteiger partial charge in [-0.15, -0.1) is 0 Å². The first-order valence-electron chi connectivity index (χ1n) is 8.75. The van der Waals surface area contributed by atoms with E-state index in [0.717, 1.165) is 12.5 Å². The first-order valence-corrected chi connectivity index (χ1v) is 8.75. The van der Waals surface area contributed by atoms with Crippen LogP contribution in [-0.2, 0) is 4.74 Å².